The van der Waals surface area contributed by atoms with Crippen molar-refractivity contribution in [3.05, 3.63) is 0 Å². The molecule has 0 aliphatic rings. The van der Waals surface area contributed by atoms with Crippen molar-refractivity contribution in [1.29, 1.82) is 0 Å². The van der Waals surface area contributed by atoms with Gasteiger partial charge in [-0.2, -0.15) is 0 Å². The molecular formula is C51H113O19P6Ti+3. The van der Waals surface area contributed by atoms with Crippen LogP contribution in [-0.4, -0.2) is 65.5 Å². The molecule has 3 atom stereocenters. The minimum Gasteiger partial charge on any atom is -0.394 e. The standard InChI is InChI=1S/3C16H34O6P2.C3H8O.Ti/c3*1-3-5-7-9-11-13-15-20-24(19,22-23(17)18)21-16-14-12-10-8-6-4-2;1-3(2)4;/h3*3-16H2,1-2H3;3-4H,1-2H3;/p+3. The second-order valence-electron chi connectivity index (χ2n) is 19.0. The van der Waals surface area contributed by atoms with Crippen molar-refractivity contribution in [3.63, 3.8) is 0 Å². The van der Waals surface area contributed by atoms with E-state index in [1.165, 1.54) is 116 Å². The van der Waals surface area contributed by atoms with Gasteiger partial charge >= 0.3 is 48.2 Å². The quantitative estimate of drug-likeness (QED) is 0.0250. The summed E-state index contributed by atoms with van der Waals surface area (Å²) in [5.41, 5.74) is 0. The average molecular weight is 1260 g/mol. The molecule has 0 rings (SSSR count). The Kier molecular flexibility index (Phi) is 74.9. The minimum absolute atomic E-state index is 0. The van der Waals surface area contributed by atoms with Gasteiger partial charge in [0.2, 0.25) is 0 Å². The molecule has 462 valence electrons. The number of rotatable bonds is 54. The van der Waals surface area contributed by atoms with E-state index in [1.807, 2.05) is 0 Å². The van der Waals surface area contributed by atoms with Crippen LogP contribution in [0, 0.1) is 0 Å². The van der Waals surface area contributed by atoms with E-state index in [0.29, 0.717) is 0 Å². The molecule has 0 aromatic rings. The van der Waals surface area contributed by atoms with Gasteiger partial charge in [-0.05, 0) is 65.3 Å². The van der Waals surface area contributed by atoms with Gasteiger partial charge < -0.3 is 5.11 Å². The second kappa shape index (κ2) is 66.3. The van der Waals surface area contributed by atoms with E-state index in [2.05, 4.69) is 54.5 Å². The Morgan fingerprint density at radius 2 is 0.416 bits per heavy atom. The van der Waals surface area contributed by atoms with Gasteiger partial charge in [0.1, 0.15) is 0 Å². The molecule has 0 bridgehead atoms. The molecule has 26 heteroatoms. The van der Waals surface area contributed by atoms with Gasteiger partial charge in [-0.1, -0.05) is 234 Å². The van der Waals surface area contributed by atoms with Crippen LogP contribution in [-0.2, 0) is 89.2 Å². The van der Waals surface area contributed by atoms with E-state index >= 15 is 0 Å². The number of aliphatic hydroxyl groups excluding tert-OH is 1. The third-order valence-electron chi connectivity index (χ3n) is 11.0. The minimum atomic E-state index is -3.93. The zero-order valence-corrected chi connectivity index (χ0v) is 56.3. The van der Waals surface area contributed by atoms with Crippen LogP contribution in [0.15, 0.2) is 0 Å². The van der Waals surface area contributed by atoms with Gasteiger partial charge in [0.25, 0.3) is 0 Å². The van der Waals surface area contributed by atoms with Crippen LogP contribution in [0.3, 0.4) is 0 Å². The van der Waals surface area contributed by atoms with Gasteiger partial charge in [-0.3, -0.25) is 27.1 Å². The Hall–Kier alpha value is 1.18. The summed E-state index contributed by atoms with van der Waals surface area (Å²) in [6.07, 6.45) is 38.3. The fraction of sp³-hybridized carbons (Fsp3) is 1.00. The van der Waals surface area contributed by atoms with Crippen LogP contribution >= 0.6 is 48.2 Å². The smallest absolute Gasteiger partial charge is 0.394 e. The molecule has 0 saturated carbocycles. The van der Waals surface area contributed by atoms with Crippen LogP contribution in [0.4, 0.5) is 0 Å². The molecule has 0 aliphatic carbocycles. The summed E-state index contributed by atoms with van der Waals surface area (Å²) in [5, 5.41) is 8.06. The van der Waals surface area contributed by atoms with Gasteiger partial charge in [0.15, 0.2) is 0 Å². The van der Waals surface area contributed by atoms with Gasteiger partial charge in [0, 0.05) is 41.5 Å². The summed E-state index contributed by atoms with van der Waals surface area (Å²) in [5.74, 6) is 0. The predicted molar refractivity (Wildman–Crippen MR) is 309 cm³/mol. The van der Waals surface area contributed by atoms with Crippen molar-refractivity contribution in [2.45, 2.75) is 293 Å². The normalized spacial score (nSPS) is 12.2. The van der Waals surface area contributed by atoms with Crippen molar-refractivity contribution >= 4 is 48.2 Å². The average Bonchev–Trinajstić information content (AvgIpc) is 3.34. The number of unbranched alkanes of at least 4 members (excludes halogenated alkanes) is 30. The Labute approximate surface area is 486 Å². The van der Waals surface area contributed by atoms with E-state index in [9.17, 15) is 27.4 Å². The number of phosphoric acid groups is 3. The number of aliphatic hydroxyl groups is 1. The van der Waals surface area contributed by atoms with Gasteiger partial charge in [-0.25, -0.2) is 13.7 Å². The SMILES string of the molecule is CC(C)O.CCCCCCCCOP(=O)(OCCCCCCCC)O[P+](=O)O.CCCCCCCCOP(=O)(OCCCCCCCC)O[P+](=O)O.CCCCCCCCOP(=O)(OCCCCCCCC)O[P+](=O)O.[Ti]. The van der Waals surface area contributed by atoms with Gasteiger partial charge in [0.05, 0.1) is 39.6 Å². The molecule has 0 heterocycles. The molecule has 0 fully saturated rings. The monoisotopic (exact) mass is 1260 g/mol. The topological polar surface area (TPSA) is 266 Å². The van der Waals surface area contributed by atoms with E-state index in [4.69, 9.17) is 46.9 Å². The van der Waals surface area contributed by atoms with Crippen molar-refractivity contribution in [2.75, 3.05) is 39.6 Å². The molecule has 0 aromatic heterocycles. The zero-order valence-electron chi connectivity index (χ0n) is 49.4. The van der Waals surface area contributed by atoms with Crippen LogP contribution in [0.5, 0.6) is 0 Å². The van der Waals surface area contributed by atoms with E-state index in [1.54, 1.807) is 13.8 Å². The molecular weight excluding hydrogens is 1150 g/mol. The molecule has 0 aromatic carbocycles. The summed E-state index contributed by atoms with van der Waals surface area (Å²) in [6, 6.07) is 0. The third-order valence-corrected chi connectivity index (χ3v) is 18.1. The first-order valence-corrected chi connectivity index (χ1v) is 37.0. The summed E-state index contributed by atoms with van der Waals surface area (Å²) in [4.78, 5) is 26.5. The fourth-order valence-electron chi connectivity index (χ4n) is 6.86. The molecule has 4 N–H and O–H groups in total. The summed E-state index contributed by atoms with van der Waals surface area (Å²) in [6.45, 7) is 17.7. The van der Waals surface area contributed by atoms with Crippen LogP contribution in [0.1, 0.15) is 287 Å². The van der Waals surface area contributed by atoms with Crippen molar-refractivity contribution < 1.29 is 109 Å². The Bertz CT molecular complexity index is 1200. The second-order valence-corrected chi connectivity index (χ2v) is 26.6. The van der Waals surface area contributed by atoms with Crippen molar-refractivity contribution in [3.8, 4) is 0 Å². The summed E-state index contributed by atoms with van der Waals surface area (Å²) >= 11 is 0. The maximum Gasteiger partial charge on any atom is 0.705 e. The van der Waals surface area contributed by atoms with Crippen LogP contribution in [0.2, 0.25) is 0 Å². The van der Waals surface area contributed by atoms with E-state index in [-0.39, 0.29) is 67.5 Å². The van der Waals surface area contributed by atoms with Gasteiger partial charge in [-0.15, -0.1) is 14.7 Å². The number of hydrogen-bond acceptors (Lipinski definition) is 16. The molecule has 3 unspecified atom stereocenters. The number of hydrogen-bond donors (Lipinski definition) is 4. The number of phosphoric ester groups is 3. The van der Waals surface area contributed by atoms with Crippen LogP contribution in [0.25, 0.3) is 0 Å². The molecule has 77 heavy (non-hydrogen) atoms. The fourth-order valence-corrected chi connectivity index (χ4v) is 12.4. The third kappa shape index (κ3) is 75.2. The zero-order chi connectivity index (χ0) is 57.9. The predicted octanol–water partition coefficient (Wildman–Crippen LogP) is 19.9. The largest absolute Gasteiger partial charge is 0.705 e. The summed E-state index contributed by atoms with van der Waals surface area (Å²) < 4.78 is 114. The Morgan fingerprint density at radius 1 is 0.299 bits per heavy atom. The molecule has 0 spiro atoms. The van der Waals surface area contributed by atoms with Crippen molar-refractivity contribution in [2.24, 2.45) is 0 Å². The maximum atomic E-state index is 12.3. The van der Waals surface area contributed by atoms with E-state index < -0.39 is 48.2 Å². The summed E-state index contributed by atoms with van der Waals surface area (Å²) in [7, 11) is -20.8. The Morgan fingerprint density at radius 3 is 0.532 bits per heavy atom. The molecule has 0 amide bonds. The maximum absolute atomic E-state index is 12.3. The van der Waals surface area contributed by atoms with Crippen LogP contribution < -0.4 is 0 Å². The van der Waals surface area contributed by atoms with Crippen molar-refractivity contribution in [1.82, 2.24) is 0 Å². The molecule has 19 nitrogen and oxygen atoms in total. The van der Waals surface area contributed by atoms with E-state index in [0.717, 1.165) is 116 Å². The molecule has 0 radical (unpaired) electrons. The molecule has 0 saturated heterocycles. The Balaban J connectivity index is -0.000000322. The first-order valence-electron chi connectivity index (χ1n) is 29.3. The first-order chi connectivity index (χ1) is 36.3. The first kappa shape index (κ1) is 87.0. The molecule has 0 aliphatic heterocycles.